The Balaban J connectivity index is 1.84. The summed E-state index contributed by atoms with van der Waals surface area (Å²) in [7, 11) is -3.80. The van der Waals surface area contributed by atoms with Gasteiger partial charge >= 0.3 is 0 Å². The van der Waals surface area contributed by atoms with Gasteiger partial charge in [-0.05, 0) is 43.2 Å². The fourth-order valence-electron chi connectivity index (χ4n) is 3.03. The maximum absolute atomic E-state index is 12.9. The highest BCUT2D eigenvalue weighted by molar-refractivity contribution is 7.92. The Morgan fingerprint density at radius 1 is 0.897 bits per heavy atom. The maximum Gasteiger partial charge on any atom is 0.261 e. The summed E-state index contributed by atoms with van der Waals surface area (Å²) in [6, 6.07) is 22.7. The number of sulfonamides is 1. The van der Waals surface area contributed by atoms with E-state index in [0.29, 0.717) is 6.42 Å². The highest BCUT2D eigenvalue weighted by Gasteiger charge is 2.20. The van der Waals surface area contributed by atoms with Crippen LogP contribution in [0.15, 0.2) is 83.8 Å². The van der Waals surface area contributed by atoms with Gasteiger partial charge in [-0.2, -0.15) is 0 Å². The number of hydrogen-bond donors (Lipinski definition) is 2. The molecule has 6 heteroatoms. The van der Waals surface area contributed by atoms with Crippen LogP contribution in [0, 0.1) is 6.92 Å². The van der Waals surface area contributed by atoms with E-state index in [0.717, 1.165) is 11.1 Å². The molecule has 150 valence electrons. The summed E-state index contributed by atoms with van der Waals surface area (Å²) in [6.07, 6.45) is 0.715. The first kappa shape index (κ1) is 20.6. The predicted molar refractivity (Wildman–Crippen MR) is 115 cm³/mol. The van der Waals surface area contributed by atoms with Gasteiger partial charge in [0.1, 0.15) is 0 Å². The van der Waals surface area contributed by atoms with Crippen molar-refractivity contribution in [3.8, 4) is 0 Å². The van der Waals surface area contributed by atoms with E-state index >= 15 is 0 Å². The van der Waals surface area contributed by atoms with Crippen molar-refractivity contribution < 1.29 is 13.2 Å². The lowest BCUT2D eigenvalue weighted by molar-refractivity contribution is 0.0936. The Morgan fingerprint density at radius 3 is 2.17 bits per heavy atom. The Kier molecular flexibility index (Phi) is 6.34. The number of nitrogens with one attached hydrogen (secondary N) is 2. The van der Waals surface area contributed by atoms with E-state index in [1.807, 2.05) is 44.2 Å². The van der Waals surface area contributed by atoms with Crippen LogP contribution in [-0.4, -0.2) is 14.3 Å². The summed E-state index contributed by atoms with van der Waals surface area (Å²) in [5.41, 5.74) is 2.49. The molecule has 1 amide bonds. The third kappa shape index (κ3) is 5.03. The van der Waals surface area contributed by atoms with Crippen molar-refractivity contribution in [2.24, 2.45) is 0 Å². The first-order valence-corrected chi connectivity index (χ1v) is 10.9. The van der Waals surface area contributed by atoms with E-state index < -0.39 is 10.0 Å². The molecule has 5 nitrogen and oxygen atoms in total. The van der Waals surface area contributed by atoms with Crippen LogP contribution in [0.25, 0.3) is 0 Å². The van der Waals surface area contributed by atoms with E-state index in [4.69, 9.17) is 0 Å². The van der Waals surface area contributed by atoms with E-state index in [-0.39, 0.29) is 28.1 Å². The van der Waals surface area contributed by atoms with Crippen LogP contribution in [0.2, 0.25) is 0 Å². The number of benzene rings is 3. The van der Waals surface area contributed by atoms with Crippen molar-refractivity contribution in [2.45, 2.75) is 31.2 Å². The topological polar surface area (TPSA) is 75.3 Å². The Hall–Kier alpha value is -3.12. The largest absolute Gasteiger partial charge is 0.345 e. The van der Waals surface area contributed by atoms with Gasteiger partial charge in [-0.3, -0.25) is 9.52 Å². The number of carbonyl (C=O) groups is 1. The molecule has 1 atom stereocenters. The number of aryl methyl sites for hydroxylation is 1. The summed E-state index contributed by atoms with van der Waals surface area (Å²) < 4.78 is 28.0. The van der Waals surface area contributed by atoms with Crippen LogP contribution in [-0.2, 0) is 10.0 Å². The fourth-order valence-corrected chi connectivity index (χ4v) is 4.11. The zero-order valence-corrected chi connectivity index (χ0v) is 17.2. The molecule has 0 bridgehead atoms. The molecule has 0 saturated heterocycles. The standard InChI is InChI=1S/C23H24N2O3S/c1-3-21(18-9-5-4-6-10-18)24-23(26)20-11-7-8-12-22(20)25-29(27,28)19-15-13-17(2)14-16-19/h4-16,21,25H,3H2,1-2H3,(H,24,26)/t21-/m1/s1. The van der Waals surface area contributed by atoms with Crippen molar-refractivity contribution in [1.29, 1.82) is 0 Å². The molecule has 0 saturated carbocycles. The molecule has 0 radical (unpaired) electrons. The minimum Gasteiger partial charge on any atom is -0.345 e. The summed E-state index contributed by atoms with van der Waals surface area (Å²) in [6.45, 7) is 3.88. The molecule has 0 spiro atoms. The van der Waals surface area contributed by atoms with E-state index in [2.05, 4.69) is 10.0 Å². The van der Waals surface area contributed by atoms with Crippen molar-refractivity contribution in [3.63, 3.8) is 0 Å². The molecule has 0 aliphatic carbocycles. The summed E-state index contributed by atoms with van der Waals surface area (Å²) in [5.74, 6) is -0.331. The minimum absolute atomic E-state index is 0.147. The summed E-state index contributed by atoms with van der Waals surface area (Å²) >= 11 is 0. The smallest absolute Gasteiger partial charge is 0.261 e. The van der Waals surface area contributed by atoms with Gasteiger partial charge < -0.3 is 5.32 Å². The SMILES string of the molecule is CC[C@@H](NC(=O)c1ccccc1NS(=O)(=O)c1ccc(C)cc1)c1ccccc1. The van der Waals surface area contributed by atoms with Gasteiger partial charge in [0.2, 0.25) is 0 Å². The zero-order chi connectivity index (χ0) is 20.9. The fraction of sp³-hybridized carbons (Fsp3) is 0.174. The lowest BCUT2D eigenvalue weighted by Gasteiger charge is -2.19. The lowest BCUT2D eigenvalue weighted by atomic mass is 10.0. The number of hydrogen-bond acceptors (Lipinski definition) is 3. The van der Waals surface area contributed by atoms with Crippen molar-refractivity contribution in [1.82, 2.24) is 5.32 Å². The molecule has 0 fully saturated rings. The van der Waals surface area contributed by atoms with Gasteiger partial charge in [-0.25, -0.2) is 8.42 Å². The third-order valence-electron chi connectivity index (χ3n) is 4.66. The zero-order valence-electron chi connectivity index (χ0n) is 16.4. The number of para-hydroxylation sites is 1. The normalized spacial score (nSPS) is 12.2. The van der Waals surface area contributed by atoms with Crippen LogP contribution in [0.3, 0.4) is 0 Å². The summed E-state index contributed by atoms with van der Waals surface area (Å²) in [4.78, 5) is 13.1. The van der Waals surface area contributed by atoms with Crippen LogP contribution in [0.1, 0.15) is 40.9 Å². The predicted octanol–water partition coefficient (Wildman–Crippen LogP) is 4.68. The monoisotopic (exact) mass is 408 g/mol. The molecule has 0 unspecified atom stereocenters. The van der Waals surface area contributed by atoms with E-state index in [1.54, 1.807) is 48.5 Å². The number of carbonyl (C=O) groups excluding carboxylic acids is 1. The molecule has 0 aliphatic rings. The minimum atomic E-state index is -3.80. The van der Waals surface area contributed by atoms with Gasteiger partial charge in [-0.1, -0.05) is 67.1 Å². The third-order valence-corrected chi connectivity index (χ3v) is 6.04. The molecule has 3 rings (SSSR count). The molecule has 3 aromatic carbocycles. The van der Waals surface area contributed by atoms with Crippen LogP contribution >= 0.6 is 0 Å². The van der Waals surface area contributed by atoms with Gasteiger partial charge in [0, 0.05) is 0 Å². The van der Waals surface area contributed by atoms with Gasteiger partial charge in [0.05, 0.1) is 22.2 Å². The van der Waals surface area contributed by atoms with Crippen molar-refractivity contribution in [3.05, 3.63) is 95.6 Å². The number of anilines is 1. The highest BCUT2D eigenvalue weighted by Crippen LogP contribution is 2.22. The second-order valence-electron chi connectivity index (χ2n) is 6.81. The second kappa shape index (κ2) is 8.92. The molecular formula is C23H24N2O3S. The first-order valence-electron chi connectivity index (χ1n) is 9.45. The maximum atomic E-state index is 12.9. The Labute approximate surface area is 171 Å². The Morgan fingerprint density at radius 2 is 1.52 bits per heavy atom. The molecule has 0 aromatic heterocycles. The van der Waals surface area contributed by atoms with Crippen LogP contribution in [0.4, 0.5) is 5.69 Å². The number of amides is 1. The van der Waals surface area contributed by atoms with E-state index in [1.165, 1.54) is 0 Å². The first-order chi connectivity index (χ1) is 13.9. The number of rotatable bonds is 7. The molecular weight excluding hydrogens is 384 g/mol. The quantitative estimate of drug-likeness (QED) is 0.596. The molecule has 3 aromatic rings. The molecule has 0 heterocycles. The van der Waals surface area contributed by atoms with Gasteiger partial charge in [0.25, 0.3) is 15.9 Å². The van der Waals surface area contributed by atoms with Crippen LogP contribution in [0.5, 0.6) is 0 Å². The van der Waals surface area contributed by atoms with E-state index in [9.17, 15) is 13.2 Å². The van der Waals surface area contributed by atoms with Crippen molar-refractivity contribution >= 4 is 21.6 Å². The molecule has 2 N–H and O–H groups in total. The average molecular weight is 409 g/mol. The van der Waals surface area contributed by atoms with Gasteiger partial charge in [-0.15, -0.1) is 0 Å². The van der Waals surface area contributed by atoms with Crippen LogP contribution < -0.4 is 10.0 Å². The molecule has 29 heavy (non-hydrogen) atoms. The Bertz CT molecular complexity index is 1080. The van der Waals surface area contributed by atoms with Crippen molar-refractivity contribution in [2.75, 3.05) is 4.72 Å². The second-order valence-corrected chi connectivity index (χ2v) is 8.49. The lowest BCUT2D eigenvalue weighted by Crippen LogP contribution is -2.29. The summed E-state index contributed by atoms with van der Waals surface area (Å²) in [5, 5.41) is 3.00. The van der Waals surface area contributed by atoms with Gasteiger partial charge in [0.15, 0.2) is 0 Å². The molecule has 0 aliphatic heterocycles. The average Bonchev–Trinajstić information content (AvgIpc) is 2.73. The highest BCUT2D eigenvalue weighted by atomic mass is 32.2.